The third-order valence-electron chi connectivity index (χ3n) is 7.86. The Bertz CT molecular complexity index is 907. The van der Waals surface area contributed by atoms with E-state index in [0.717, 1.165) is 25.7 Å². The monoisotopic (exact) mass is 676 g/mol. The molecule has 0 rings (SSSR count). The van der Waals surface area contributed by atoms with Crippen molar-refractivity contribution in [3.05, 3.63) is 60.8 Å². The van der Waals surface area contributed by atoms with Crippen LogP contribution in [0, 0.1) is 0 Å². The second-order valence-electron chi connectivity index (χ2n) is 12.5. The zero-order chi connectivity index (χ0) is 35.5. The molecule has 0 unspecified atom stereocenters. The third kappa shape index (κ3) is 32.0. The minimum atomic E-state index is -1.09. The van der Waals surface area contributed by atoms with Crippen LogP contribution in [0.1, 0.15) is 142 Å². The number of hydrogen-bond acceptors (Lipinski definition) is 8. The lowest BCUT2D eigenvalue weighted by atomic mass is 10.0. The van der Waals surface area contributed by atoms with Gasteiger partial charge in [-0.2, -0.15) is 0 Å². The van der Waals surface area contributed by atoms with E-state index in [2.05, 4.69) is 6.92 Å². The number of hydrogen-bond donors (Lipinski definition) is 4. The summed E-state index contributed by atoms with van der Waals surface area (Å²) < 4.78 is 10.2. The van der Waals surface area contributed by atoms with Gasteiger partial charge in [-0.3, -0.25) is 9.59 Å². The van der Waals surface area contributed by atoms with Crippen LogP contribution in [0.5, 0.6) is 0 Å². The molecule has 0 aromatic rings. The predicted octanol–water partition coefficient (Wildman–Crippen LogP) is 8.14. The molecule has 4 atom stereocenters. The van der Waals surface area contributed by atoms with Gasteiger partial charge in [0, 0.05) is 12.8 Å². The van der Waals surface area contributed by atoms with Gasteiger partial charge in [-0.05, 0) is 32.1 Å². The second-order valence-corrected chi connectivity index (χ2v) is 12.5. The Morgan fingerprint density at radius 3 is 1.54 bits per heavy atom. The predicted molar refractivity (Wildman–Crippen MR) is 195 cm³/mol. The molecule has 48 heavy (non-hydrogen) atoms. The molecule has 0 aliphatic carbocycles. The van der Waals surface area contributed by atoms with E-state index < -0.39 is 30.4 Å². The maximum Gasteiger partial charge on any atom is 0.305 e. The lowest BCUT2D eigenvalue weighted by Crippen LogP contribution is -2.26. The van der Waals surface area contributed by atoms with Crippen LogP contribution in [0.25, 0.3) is 0 Å². The molecule has 276 valence electrons. The average molecular weight is 677 g/mol. The van der Waals surface area contributed by atoms with Gasteiger partial charge in [0.15, 0.2) is 0 Å². The second kappa shape index (κ2) is 34.3. The van der Waals surface area contributed by atoms with E-state index in [1.54, 1.807) is 42.5 Å². The summed E-state index contributed by atoms with van der Waals surface area (Å²) in [5.41, 5.74) is 0. The topological polar surface area (TPSA) is 134 Å². The number of rotatable bonds is 32. The summed E-state index contributed by atoms with van der Waals surface area (Å²) >= 11 is 0. The lowest BCUT2D eigenvalue weighted by Gasteiger charge is -2.14. The molecule has 0 aliphatic heterocycles. The summed E-state index contributed by atoms with van der Waals surface area (Å²) in [5.74, 6) is -0.888. The molecule has 0 spiro atoms. The Balaban J connectivity index is 3.81. The molecular weight excluding hydrogens is 608 g/mol. The van der Waals surface area contributed by atoms with Crippen LogP contribution >= 0.6 is 0 Å². The Morgan fingerprint density at radius 1 is 0.562 bits per heavy atom. The first-order valence-corrected chi connectivity index (χ1v) is 18.7. The third-order valence-corrected chi connectivity index (χ3v) is 7.86. The van der Waals surface area contributed by atoms with E-state index in [-0.39, 0.29) is 32.0 Å². The van der Waals surface area contributed by atoms with Gasteiger partial charge < -0.3 is 29.9 Å². The fourth-order valence-corrected chi connectivity index (χ4v) is 4.90. The maximum atomic E-state index is 12.0. The largest absolute Gasteiger partial charge is 0.463 e. The van der Waals surface area contributed by atoms with Crippen LogP contribution in [0.3, 0.4) is 0 Å². The number of aliphatic hydroxyl groups excluding tert-OH is 4. The van der Waals surface area contributed by atoms with Crippen molar-refractivity contribution in [2.75, 3.05) is 13.2 Å². The SMILES string of the molecule is CC/C=C\C[C@@H](O)/C=C/C=C/C=C\C=C/[C@H](O)[C@@H](O)CCCC(=O)OC[C@@H](O)COC(=O)CCCCCCCCCCCCCCCC. The lowest BCUT2D eigenvalue weighted by molar-refractivity contribution is -0.152. The standard InChI is InChI=1S/C40H68O8/c1-3-5-7-8-9-10-11-12-13-14-15-16-21-25-31-39(45)47-33-36(42)34-48-40(46)32-26-30-38(44)37(43)29-24-20-18-17-19-23-28-35(41)27-22-6-4-2/h6,17-20,22-24,28-29,35-38,41-44H,3-5,7-16,21,25-27,30-34H2,1-2H3/b19-17+,20-18-,22-6-,28-23+,29-24-/t35-,36+,37+,38+/m1/s1. The Labute approximate surface area is 291 Å². The number of allylic oxidation sites excluding steroid dienone is 7. The van der Waals surface area contributed by atoms with Gasteiger partial charge in [-0.1, -0.05) is 158 Å². The molecule has 0 aromatic heterocycles. The first-order valence-electron chi connectivity index (χ1n) is 18.7. The minimum absolute atomic E-state index is 0.0287. The van der Waals surface area contributed by atoms with Crippen molar-refractivity contribution in [1.82, 2.24) is 0 Å². The first kappa shape index (κ1) is 45.5. The summed E-state index contributed by atoms with van der Waals surface area (Å²) in [5, 5.41) is 40.0. The number of carbonyl (C=O) groups is 2. The Morgan fingerprint density at radius 2 is 1.02 bits per heavy atom. The van der Waals surface area contributed by atoms with Crippen LogP contribution in [0.2, 0.25) is 0 Å². The number of esters is 2. The van der Waals surface area contributed by atoms with Crippen molar-refractivity contribution < 1.29 is 39.5 Å². The van der Waals surface area contributed by atoms with E-state index >= 15 is 0 Å². The van der Waals surface area contributed by atoms with Crippen molar-refractivity contribution in [3.63, 3.8) is 0 Å². The van der Waals surface area contributed by atoms with Crippen LogP contribution in [-0.4, -0.2) is 70.0 Å². The van der Waals surface area contributed by atoms with E-state index in [1.807, 2.05) is 19.1 Å². The zero-order valence-corrected chi connectivity index (χ0v) is 30.1. The fraction of sp³-hybridized carbons (Fsp3) is 0.700. The maximum absolute atomic E-state index is 12.0. The van der Waals surface area contributed by atoms with Gasteiger partial charge in [0.25, 0.3) is 0 Å². The first-order chi connectivity index (χ1) is 23.3. The zero-order valence-electron chi connectivity index (χ0n) is 30.1. The molecule has 8 nitrogen and oxygen atoms in total. The van der Waals surface area contributed by atoms with Crippen molar-refractivity contribution in [3.8, 4) is 0 Å². The molecule has 4 N–H and O–H groups in total. The van der Waals surface area contributed by atoms with E-state index in [4.69, 9.17) is 9.47 Å². The minimum Gasteiger partial charge on any atom is -0.463 e. The molecule has 0 fully saturated rings. The van der Waals surface area contributed by atoms with E-state index in [1.165, 1.54) is 76.7 Å². The molecule has 0 aliphatic rings. The van der Waals surface area contributed by atoms with Crippen molar-refractivity contribution >= 4 is 11.9 Å². The van der Waals surface area contributed by atoms with Gasteiger partial charge in [-0.25, -0.2) is 0 Å². The van der Waals surface area contributed by atoms with Gasteiger partial charge in [0.2, 0.25) is 0 Å². The Hall–Kier alpha value is -2.52. The molecule has 0 heterocycles. The van der Waals surface area contributed by atoms with E-state index in [0.29, 0.717) is 19.3 Å². The molecule has 0 bridgehead atoms. The van der Waals surface area contributed by atoms with Gasteiger partial charge in [-0.15, -0.1) is 0 Å². The molecule has 0 amide bonds. The average Bonchev–Trinajstić information content (AvgIpc) is 3.07. The molecule has 0 radical (unpaired) electrons. The number of ether oxygens (including phenoxy) is 2. The highest BCUT2D eigenvalue weighted by molar-refractivity contribution is 5.69. The summed E-state index contributed by atoms with van der Waals surface area (Å²) in [6, 6.07) is 0. The highest BCUT2D eigenvalue weighted by Crippen LogP contribution is 2.14. The quantitative estimate of drug-likeness (QED) is 0.0243. The fourth-order valence-electron chi connectivity index (χ4n) is 4.90. The Kier molecular flexibility index (Phi) is 32.5. The number of aliphatic hydroxyl groups is 4. The van der Waals surface area contributed by atoms with Crippen molar-refractivity contribution in [1.29, 1.82) is 0 Å². The molecule has 0 aromatic carbocycles. The normalized spacial score (nSPS) is 14.9. The summed E-state index contributed by atoms with van der Waals surface area (Å²) in [4.78, 5) is 23.9. The smallest absolute Gasteiger partial charge is 0.305 e. The van der Waals surface area contributed by atoms with Gasteiger partial charge in [0.05, 0.1) is 18.3 Å². The number of carbonyl (C=O) groups excluding carboxylic acids is 2. The van der Waals surface area contributed by atoms with Crippen molar-refractivity contribution in [2.24, 2.45) is 0 Å². The number of unbranched alkanes of at least 4 members (excludes halogenated alkanes) is 13. The summed E-state index contributed by atoms with van der Waals surface area (Å²) in [6.45, 7) is 3.80. The highest BCUT2D eigenvalue weighted by atomic mass is 16.6. The van der Waals surface area contributed by atoms with Crippen LogP contribution in [-0.2, 0) is 19.1 Å². The van der Waals surface area contributed by atoms with Crippen LogP contribution in [0.15, 0.2) is 60.8 Å². The van der Waals surface area contributed by atoms with Crippen LogP contribution in [0.4, 0.5) is 0 Å². The molecule has 8 heteroatoms. The molecule has 0 saturated carbocycles. The summed E-state index contributed by atoms with van der Waals surface area (Å²) in [7, 11) is 0. The van der Waals surface area contributed by atoms with Gasteiger partial charge >= 0.3 is 11.9 Å². The molecular formula is C40H68O8. The van der Waals surface area contributed by atoms with Crippen LogP contribution < -0.4 is 0 Å². The summed E-state index contributed by atoms with van der Waals surface area (Å²) in [6.07, 6.45) is 33.7. The van der Waals surface area contributed by atoms with E-state index in [9.17, 15) is 30.0 Å². The van der Waals surface area contributed by atoms with Crippen molar-refractivity contribution in [2.45, 2.75) is 167 Å². The highest BCUT2D eigenvalue weighted by Gasteiger charge is 2.15. The molecule has 0 saturated heterocycles. The van der Waals surface area contributed by atoms with Gasteiger partial charge in [0.1, 0.15) is 19.3 Å².